The van der Waals surface area contributed by atoms with Gasteiger partial charge in [-0.25, -0.2) is 0 Å². The van der Waals surface area contributed by atoms with Crippen molar-refractivity contribution in [3.05, 3.63) is 0 Å². The van der Waals surface area contributed by atoms with Gasteiger partial charge in [0, 0.05) is 0 Å². The molecule has 0 aliphatic rings. The first-order valence-electron chi connectivity index (χ1n) is 5.92. The molecule has 0 aromatic heterocycles. The van der Waals surface area contributed by atoms with E-state index in [-0.39, 0.29) is 11.3 Å². The molecule has 0 aliphatic carbocycles. The lowest BCUT2D eigenvalue weighted by Gasteiger charge is -2.31. The molecule has 15 heavy (non-hydrogen) atoms. The molecule has 0 aromatic carbocycles. The van der Waals surface area contributed by atoms with Crippen LogP contribution in [0.1, 0.15) is 54.4 Å². The van der Waals surface area contributed by atoms with Crippen molar-refractivity contribution in [1.29, 1.82) is 0 Å². The summed E-state index contributed by atoms with van der Waals surface area (Å²) in [5.74, 6) is 0.205. The third-order valence-corrected chi connectivity index (χ3v) is 3.35. The summed E-state index contributed by atoms with van der Waals surface area (Å²) in [5, 5.41) is 9.24. The van der Waals surface area contributed by atoms with E-state index in [1.165, 1.54) is 0 Å². The summed E-state index contributed by atoms with van der Waals surface area (Å²) in [6, 6.07) is 0. The highest BCUT2D eigenvalue weighted by atomic mass is 16.4. The summed E-state index contributed by atoms with van der Waals surface area (Å²) in [6.07, 6.45) is 1.87. The summed E-state index contributed by atoms with van der Waals surface area (Å²) >= 11 is 0. The Balaban J connectivity index is 4.61. The second-order valence-corrected chi connectivity index (χ2v) is 5.90. The van der Waals surface area contributed by atoms with Crippen LogP contribution in [0, 0.1) is 23.2 Å². The SMILES string of the molecule is CCC(CC(C(=O)O)C(C)(C)C)C(C)C. The molecule has 0 saturated carbocycles. The maximum Gasteiger partial charge on any atom is 0.307 e. The molecular weight excluding hydrogens is 188 g/mol. The van der Waals surface area contributed by atoms with E-state index in [4.69, 9.17) is 0 Å². The minimum Gasteiger partial charge on any atom is -0.481 e. The number of carboxylic acid groups (broad SMARTS) is 1. The Kier molecular flexibility index (Phi) is 5.33. The maximum absolute atomic E-state index is 11.2. The molecule has 1 N–H and O–H groups in total. The van der Waals surface area contributed by atoms with E-state index in [2.05, 4.69) is 20.8 Å². The largest absolute Gasteiger partial charge is 0.481 e. The van der Waals surface area contributed by atoms with E-state index in [9.17, 15) is 9.90 Å². The molecule has 0 fully saturated rings. The second kappa shape index (κ2) is 5.53. The highest BCUT2D eigenvalue weighted by Gasteiger charge is 2.33. The van der Waals surface area contributed by atoms with Crippen molar-refractivity contribution in [3.63, 3.8) is 0 Å². The Morgan fingerprint density at radius 1 is 1.27 bits per heavy atom. The van der Waals surface area contributed by atoms with Crippen LogP contribution >= 0.6 is 0 Å². The summed E-state index contributed by atoms with van der Waals surface area (Å²) in [7, 11) is 0. The fourth-order valence-corrected chi connectivity index (χ4v) is 2.04. The fourth-order valence-electron chi connectivity index (χ4n) is 2.04. The first kappa shape index (κ1) is 14.5. The summed E-state index contributed by atoms with van der Waals surface area (Å²) in [6.45, 7) is 12.5. The average molecular weight is 214 g/mol. The first-order chi connectivity index (χ1) is 6.70. The molecular formula is C13H26O2. The van der Waals surface area contributed by atoms with Gasteiger partial charge >= 0.3 is 5.97 Å². The molecule has 0 bridgehead atoms. The van der Waals surface area contributed by atoms with E-state index >= 15 is 0 Å². The number of rotatable bonds is 5. The third kappa shape index (κ3) is 4.67. The maximum atomic E-state index is 11.2. The fraction of sp³-hybridized carbons (Fsp3) is 0.923. The van der Waals surface area contributed by atoms with Crippen LogP contribution in [-0.2, 0) is 4.79 Å². The van der Waals surface area contributed by atoms with Crippen LogP contribution in [0.25, 0.3) is 0 Å². The normalized spacial score (nSPS) is 16.5. The Morgan fingerprint density at radius 3 is 1.93 bits per heavy atom. The smallest absolute Gasteiger partial charge is 0.307 e. The molecule has 2 heteroatoms. The van der Waals surface area contributed by atoms with Gasteiger partial charge in [0.25, 0.3) is 0 Å². The number of carboxylic acids is 1. The molecule has 90 valence electrons. The standard InChI is InChI=1S/C13H26O2/c1-7-10(9(2)3)8-11(12(14)15)13(4,5)6/h9-11H,7-8H2,1-6H3,(H,14,15). The summed E-state index contributed by atoms with van der Waals surface area (Å²) in [5.41, 5.74) is -0.145. The van der Waals surface area contributed by atoms with Gasteiger partial charge in [-0.05, 0) is 23.7 Å². The van der Waals surface area contributed by atoms with Gasteiger partial charge in [-0.1, -0.05) is 48.0 Å². The topological polar surface area (TPSA) is 37.3 Å². The Morgan fingerprint density at radius 2 is 1.73 bits per heavy atom. The molecule has 0 aliphatic heterocycles. The molecule has 2 atom stereocenters. The molecule has 2 unspecified atom stereocenters. The lowest BCUT2D eigenvalue weighted by molar-refractivity contribution is -0.146. The molecule has 0 amide bonds. The molecule has 0 heterocycles. The van der Waals surface area contributed by atoms with Gasteiger partial charge in [0.2, 0.25) is 0 Å². The minimum atomic E-state index is -0.651. The van der Waals surface area contributed by atoms with Gasteiger partial charge in [0.15, 0.2) is 0 Å². The summed E-state index contributed by atoms with van der Waals surface area (Å²) in [4.78, 5) is 11.2. The number of hydrogen-bond acceptors (Lipinski definition) is 1. The van der Waals surface area contributed by atoms with Crippen LogP contribution in [0.5, 0.6) is 0 Å². The lowest BCUT2D eigenvalue weighted by atomic mass is 9.73. The van der Waals surface area contributed by atoms with Gasteiger partial charge < -0.3 is 5.11 Å². The first-order valence-corrected chi connectivity index (χ1v) is 5.92. The lowest BCUT2D eigenvalue weighted by Crippen LogP contribution is -2.31. The number of carbonyl (C=O) groups is 1. The Hall–Kier alpha value is -0.530. The Labute approximate surface area is 94.1 Å². The predicted octanol–water partition coefficient (Wildman–Crippen LogP) is 3.81. The van der Waals surface area contributed by atoms with E-state index < -0.39 is 5.97 Å². The molecule has 2 nitrogen and oxygen atoms in total. The van der Waals surface area contributed by atoms with Crippen LogP contribution in [0.4, 0.5) is 0 Å². The van der Waals surface area contributed by atoms with Crippen molar-refractivity contribution in [2.45, 2.75) is 54.4 Å². The predicted molar refractivity (Wildman–Crippen MR) is 63.8 cm³/mol. The van der Waals surface area contributed by atoms with E-state index in [1.54, 1.807) is 0 Å². The highest BCUT2D eigenvalue weighted by Crippen LogP contribution is 2.34. The number of aliphatic carboxylic acids is 1. The van der Waals surface area contributed by atoms with Gasteiger partial charge in [0.1, 0.15) is 0 Å². The molecule has 0 radical (unpaired) electrons. The quantitative estimate of drug-likeness (QED) is 0.755. The third-order valence-electron chi connectivity index (χ3n) is 3.35. The molecule has 0 rings (SSSR count). The van der Waals surface area contributed by atoms with Gasteiger partial charge in [-0.15, -0.1) is 0 Å². The van der Waals surface area contributed by atoms with Crippen molar-refractivity contribution in [1.82, 2.24) is 0 Å². The van der Waals surface area contributed by atoms with Crippen molar-refractivity contribution in [2.75, 3.05) is 0 Å². The highest BCUT2D eigenvalue weighted by molar-refractivity contribution is 5.70. The zero-order valence-corrected chi connectivity index (χ0v) is 11.0. The molecule has 0 aromatic rings. The van der Waals surface area contributed by atoms with Crippen LogP contribution in [-0.4, -0.2) is 11.1 Å². The molecule has 0 saturated heterocycles. The zero-order valence-electron chi connectivity index (χ0n) is 11.0. The van der Waals surface area contributed by atoms with Gasteiger partial charge in [0.05, 0.1) is 5.92 Å². The van der Waals surface area contributed by atoms with Gasteiger partial charge in [-0.3, -0.25) is 4.79 Å². The second-order valence-electron chi connectivity index (χ2n) is 5.90. The minimum absolute atomic E-state index is 0.145. The molecule has 0 spiro atoms. The Bertz CT molecular complexity index is 201. The zero-order chi connectivity index (χ0) is 12.2. The van der Waals surface area contributed by atoms with Crippen molar-refractivity contribution in [2.24, 2.45) is 23.2 Å². The van der Waals surface area contributed by atoms with E-state index in [0.29, 0.717) is 11.8 Å². The van der Waals surface area contributed by atoms with Crippen LogP contribution < -0.4 is 0 Å². The van der Waals surface area contributed by atoms with Crippen LogP contribution in [0.15, 0.2) is 0 Å². The van der Waals surface area contributed by atoms with Crippen molar-refractivity contribution in [3.8, 4) is 0 Å². The monoisotopic (exact) mass is 214 g/mol. The van der Waals surface area contributed by atoms with Crippen LogP contribution in [0.2, 0.25) is 0 Å². The van der Waals surface area contributed by atoms with Gasteiger partial charge in [-0.2, -0.15) is 0 Å². The van der Waals surface area contributed by atoms with Crippen LogP contribution in [0.3, 0.4) is 0 Å². The summed E-state index contributed by atoms with van der Waals surface area (Å²) < 4.78 is 0. The van der Waals surface area contributed by atoms with Crippen molar-refractivity contribution < 1.29 is 9.90 Å². The van der Waals surface area contributed by atoms with Crippen molar-refractivity contribution >= 4 is 5.97 Å². The number of hydrogen-bond donors (Lipinski definition) is 1. The van der Waals surface area contributed by atoms with E-state index in [0.717, 1.165) is 12.8 Å². The average Bonchev–Trinajstić information content (AvgIpc) is 2.01. The van der Waals surface area contributed by atoms with E-state index in [1.807, 2.05) is 20.8 Å².